The fourth-order valence-electron chi connectivity index (χ4n) is 9.88. The Labute approximate surface area is 185 Å². The highest BCUT2D eigenvalue weighted by atomic mass is 16.8. The second-order valence-electron chi connectivity index (χ2n) is 12.3. The van der Waals surface area contributed by atoms with Gasteiger partial charge in [-0.15, -0.1) is 0 Å². The Bertz CT molecular complexity index is 789. The summed E-state index contributed by atoms with van der Waals surface area (Å²) in [5.74, 6) is 0.459. The molecule has 1 N–H and O–H groups in total. The number of epoxide rings is 1. The quantitative estimate of drug-likeness (QED) is 0.638. The number of ether oxygens (including phenoxy) is 5. The second kappa shape index (κ2) is 5.87. The van der Waals surface area contributed by atoms with Crippen molar-refractivity contribution >= 4 is 0 Å². The normalized spacial score (nSPS) is 58.5. The van der Waals surface area contributed by atoms with Crippen molar-refractivity contribution in [2.75, 3.05) is 26.4 Å². The standard InChI is InChI=1S/C25H38O6/c1-20-8-9-23(29-12-13-30-23)15-24(20)19(31-24)14-16-17(20)4-6-21(2)18(16)5-7-25(21,26)22(3)27-10-11-28-22/h16-19,26H,4-15H2,1-3H3/t16-,17?,18?,19+,20-,21+,24-,25?/m1/s1. The lowest BCUT2D eigenvalue weighted by Crippen LogP contribution is -2.65. The molecule has 3 aliphatic heterocycles. The zero-order valence-electron chi connectivity index (χ0n) is 19.3. The van der Waals surface area contributed by atoms with Crippen molar-refractivity contribution in [3.05, 3.63) is 0 Å². The van der Waals surface area contributed by atoms with Crippen LogP contribution in [0.4, 0.5) is 0 Å². The molecule has 4 aliphatic carbocycles. The van der Waals surface area contributed by atoms with E-state index < -0.39 is 17.2 Å². The maximum Gasteiger partial charge on any atom is 0.195 e. The highest BCUT2D eigenvalue weighted by molar-refractivity contribution is 5.27. The van der Waals surface area contributed by atoms with E-state index in [-0.39, 0.29) is 16.4 Å². The van der Waals surface area contributed by atoms with Crippen LogP contribution in [0.15, 0.2) is 0 Å². The summed E-state index contributed by atoms with van der Waals surface area (Å²) >= 11 is 0. The van der Waals surface area contributed by atoms with E-state index in [4.69, 9.17) is 23.7 Å². The first-order valence-corrected chi connectivity index (χ1v) is 12.7. The predicted octanol–water partition coefficient (Wildman–Crippen LogP) is 3.40. The number of hydrogen-bond donors (Lipinski definition) is 1. The molecule has 7 aliphatic rings. The van der Waals surface area contributed by atoms with Crippen molar-refractivity contribution in [2.45, 2.75) is 101 Å². The third kappa shape index (κ3) is 2.17. The summed E-state index contributed by atoms with van der Waals surface area (Å²) < 4.78 is 31.0. The summed E-state index contributed by atoms with van der Waals surface area (Å²) in [6.07, 6.45) is 8.44. The monoisotopic (exact) mass is 434 g/mol. The molecule has 0 radical (unpaired) electrons. The minimum atomic E-state index is -0.922. The second-order valence-corrected chi connectivity index (χ2v) is 12.3. The minimum Gasteiger partial charge on any atom is -0.384 e. The summed E-state index contributed by atoms with van der Waals surface area (Å²) in [6, 6.07) is 0. The lowest BCUT2D eigenvalue weighted by Gasteiger charge is -2.61. The molecule has 6 heteroatoms. The van der Waals surface area contributed by atoms with E-state index in [0.717, 1.165) is 51.4 Å². The summed E-state index contributed by atoms with van der Waals surface area (Å²) in [4.78, 5) is 0. The number of hydrogen-bond acceptors (Lipinski definition) is 6. The Hall–Kier alpha value is -0.240. The van der Waals surface area contributed by atoms with Crippen LogP contribution in [0, 0.1) is 28.6 Å². The highest BCUT2D eigenvalue weighted by Gasteiger charge is 2.80. The number of fused-ring (bicyclic) bond motifs is 4. The average molecular weight is 435 g/mol. The average Bonchev–Trinajstić information content (AvgIpc) is 3.07. The van der Waals surface area contributed by atoms with Gasteiger partial charge < -0.3 is 28.8 Å². The van der Waals surface area contributed by atoms with E-state index in [0.29, 0.717) is 50.3 Å². The molecule has 0 aromatic rings. The molecule has 7 fully saturated rings. The van der Waals surface area contributed by atoms with Gasteiger partial charge in [-0.05, 0) is 63.2 Å². The highest BCUT2D eigenvalue weighted by Crippen LogP contribution is 2.76. The van der Waals surface area contributed by atoms with Crippen molar-refractivity contribution in [3.63, 3.8) is 0 Å². The van der Waals surface area contributed by atoms with Crippen LogP contribution in [-0.4, -0.2) is 60.4 Å². The van der Waals surface area contributed by atoms with Crippen molar-refractivity contribution in [3.8, 4) is 0 Å². The molecule has 8 atom stereocenters. The molecular weight excluding hydrogens is 396 g/mol. The van der Waals surface area contributed by atoms with Crippen molar-refractivity contribution in [1.82, 2.24) is 0 Å². The smallest absolute Gasteiger partial charge is 0.195 e. The van der Waals surface area contributed by atoms with Gasteiger partial charge >= 0.3 is 0 Å². The van der Waals surface area contributed by atoms with Gasteiger partial charge in [-0.25, -0.2) is 0 Å². The van der Waals surface area contributed by atoms with Crippen LogP contribution in [0.2, 0.25) is 0 Å². The third-order valence-corrected chi connectivity index (χ3v) is 11.6. The van der Waals surface area contributed by atoms with Gasteiger partial charge in [0.1, 0.15) is 11.2 Å². The zero-order chi connectivity index (χ0) is 21.3. The molecule has 3 saturated heterocycles. The fraction of sp³-hybridized carbons (Fsp3) is 1.00. The van der Waals surface area contributed by atoms with Crippen molar-refractivity contribution < 1.29 is 28.8 Å². The van der Waals surface area contributed by atoms with Crippen molar-refractivity contribution in [1.29, 1.82) is 0 Å². The lowest BCUT2D eigenvalue weighted by atomic mass is 9.43. The Morgan fingerprint density at radius 1 is 0.742 bits per heavy atom. The SMILES string of the molecule is CC1(C2(O)CCC3[C@@H]4C[C@@H]5O[C@]56CC5(CC[C@]6(C)C4CC[C@@]32C)OCCO5)OCCO1. The molecule has 31 heavy (non-hydrogen) atoms. The first kappa shape index (κ1) is 20.2. The van der Waals surface area contributed by atoms with Gasteiger partial charge in [-0.2, -0.15) is 0 Å². The first-order valence-electron chi connectivity index (χ1n) is 12.7. The fourth-order valence-corrected chi connectivity index (χ4v) is 9.88. The Morgan fingerprint density at radius 2 is 1.39 bits per heavy atom. The van der Waals surface area contributed by atoms with Gasteiger partial charge in [-0.3, -0.25) is 0 Å². The van der Waals surface area contributed by atoms with E-state index in [1.165, 1.54) is 0 Å². The summed E-state index contributed by atoms with van der Waals surface area (Å²) in [6.45, 7) is 9.38. The Kier molecular flexibility index (Phi) is 3.82. The molecule has 6 nitrogen and oxygen atoms in total. The molecular formula is C25H38O6. The van der Waals surface area contributed by atoms with E-state index in [1.54, 1.807) is 0 Å². The van der Waals surface area contributed by atoms with Crippen LogP contribution >= 0.6 is 0 Å². The largest absolute Gasteiger partial charge is 0.384 e. The molecule has 2 spiro atoms. The maximum absolute atomic E-state index is 12.1. The topological polar surface area (TPSA) is 69.7 Å². The first-order chi connectivity index (χ1) is 14.7. The van der Waals surface area contributed by atoms with Crippen LogP contribution in [0.1, 0.15) is 72.1 Å². The van der Waals surface area contributed by atoms with Crippen LogP contribution in [0.5, 0.6) is 0 Å². The van der Waals surface area contributed by atoms with Gasteiger partial charge in [0, 0.05) is 23.7 Å². The van der Waals surface area contributed by atoms with Gasteiger partial charge in [0.25, 0.3) is 0 Å². The van der Waals surface area contributed by atoms with Crippen LogP contribution < -0.4 is 0 Å². The molecule has 3 unspecified atom stereocenters. The molecule has 0 aromatic heterocycles. The van der Waals surface area contributed by atoms with E-state index in [1.807, 2.05) is 6.92 Å². The van der Waals surface area contributed by atoms with Gasteiger partial charge in [-0.1, -0.05) is 13.8 Å². The molecule has 3 heterocycles. The summed E-state index contributed by atoms with van der Waals surface area (Å²) in [5.41, 5.74) is -0.989. The third-order valence-electron chi connectivity index (χ3n) is 11.6. The van der Waals surface area contributed by atoms with Gasteiger partial charge in [0.2, 0.25) is 0 Å². The molecule has 4 saturated carbocycles. The van der Waals surface area contributed by atoms with Gasteiger partial charge in [0.15, 0.2) is 11.6 Å². The number of rotatable bonds is 1. The maximum atomic E-state index is 12.1. The minimum absolute atomic E-state index is 0.0664. The Balaban J connectivity index is 1.21. The summed E-state index contributed by atoms with van der Waals surface area (Å²) in [7, 11) is 0. The molecule has 0 bridgehead atoms. The zero-order valence-corrected chi connectivity index (χ0v) is 19.3. The predicted molar refractivity (Wildman–Crippen MR) is 111 cm³/mol. The van der Waals surface area contributed by atoms with Gasteiger partial charge in [0.05, 0.1) is 32.5 Å². The van der Waals surface area contributed by atoms with E-state index in [9.17, 15) is 5.11 Å². The summed E-state index contributed by atoms with van der Waals surface area (Å²) in [5, 5.41) is 12.1. The van der Waals surface area contributed by atoms with Crippen LogP contribution in [-0.2, 0) is 23.7 Å². The van der Waals surface area contributed by atoms with Crippen molar-refractivity contribution in [2.24, 2.45) is 28.6 Å². The number of aliphatic hydroxyl groups is 1. The molecule has 0 amide bonds. The molecule has 7 rings (SSSR count). The lowest BCUT2D eigenvalue weighted by molar-refractivity contribution is -0.301. The van der Waals surface area contributed by atoms with Crippen LogP contribution in [0.25, 0.3) is 0 Å². The van der Waals surface area contributed by atoms with E-state index in [2.05, 4.69) is 13.8 Å². The Morgan fingerprint density at radius 3 is 2.13 bits per heavy atom. The van der Waals surface area contributed by atoms with Crippen LogP contribution in [0.3, 0.4) is 0 Å². The molecule has 0 aromatic carbocycles. The van der Waals surface area contributed by atoms with E-state index >= 15 is 0 Å². The molecule has 174 valence electrons.